The van der Waals surface area contributed by atoms with E-state index in [1.54, 1.807) is 0 Å². The number of guanidine groups is 1. The van der Waals surface area contributed by atoms with Gasteiger partial charge in [0.15, 0.2) is 5.96 Å². The summed E-state index contributed by atoms with van der Waals surface area (Å²) in [6.45, 7) is 8.33. The monoisotopic (exact) mass is 379 g/mol. The summed E-state index contributed by atoms with van der Waals surface area (Å²) in [6.07, 6.45) is 5.14. The fourth-order valence-corrected chi connectivity index (χ4v) is 3.88. The minimum Gasteiger partial charge on any atom is -0.356 e. The number of benzene rings is 1. The Kier molecular flexibility index (Phi) is 7.43. The first kappa shape index (κ1) is 20.3. The third-order valence-electron chi connectivity index (χ3n) is 5.25. The van der Waals surface area contributed by atoms with Crippen LogP contribution in [0.3, 0.4) is 0 Å². The average molecular weight is 380 g/mol. The molecule has 2 aromatic rings. The Labute approximate surface area is 169 Å². The van der Waals surface area contributed by atoms with Crippen LogP contribution in [-0.4, -0.2) is 48.6 Å². The molecule has 150 valence electrons. The molecule has 1 aliphatic heterocycles. The Morgan fingerprint density at radius 3 is 2.54 bits per heavy atom. The first-order chi connectivity index (χ1) is 13.6. The van der Waals surface area contributed by atoms with E-state index in [0.717, 1.165) is 57.1 Å². The molecule has 0 radical (unpaired) electrons. The lowest BCUT2D eigenvalue weighted by Crippen LogP contribution is -2.48. The van der Waals surface area contributed by atoms with Crippen LogP contribution < -0.4 is 10.6 Å². The number of aromatic nitrogens is 1. The number of hydrogen-bond acceptors (Lipinski definition) is 3. The van der Waals surface area contributed by atoms with E-state index in [1.807, 2.05) is 19.3 Å². The Bertz CT molecular complexity index is 744. The lowest BCUT2D eigenvalue weighted by atomic mass is 10.0. The minimum absolute atomic E-state index is 0.479. The van der Waals surface area contributed by atoms with Crippen LogP contribution in [0.4, 0.5) is 0 Å². The van der Waals surface area contributed by atoms with Crippen molar-refractivity contribution in [2.24, 2.45) is 4.99 Å². The summed E-state index contributed by atoms with van der Waals surface area (Å²) in [5.41, 5.74) is 5.19. The number of aryl methyl sites for hydroxylation is 2. The normalized spacial score (nSPS) is 16.2. The van der Waals surface area contributed by atoms with Crippen molar-refractivity contribution in [2.45, 2.75) is 45.7 Å². The fourth-order valence-electron chi connectivity index (χ4n) is 3.88. The van der Waals surface area contributed by atoms with Crippen LogP contribution in [0.15, 0.2) is 47.6 Å². The van der Waals surface area contributed by atoms with Gasteiger partial charge in [0.25, 0.3) is 0 Å². The van der Waals surface area contributed by atoms with Gasteiger partial charge in [0.2, 0.25) is 0 Å². The molecule has 0 unspecified atom stereocenters. The minimum atomic E-state index is 0.479. The summed E-state index contributed by atoms with van der Waals surface area (Å²) in [5, 5.41) is 7.07. The number of likely N-dealkylation sites (tertiary alicyclic amines) is 1. The van der Waals surface area contributed by atoms with Crippen LogP contribution in [0, 0.1) is 13.8 Å². The maximum absolute atomic E-state index is 4.44. The molecular weight excluding hydrogens is 346 g/mol. The Hall–Kier alpha value is -2.40. The summed E-state index contributed by atoms with van der Waals surface area (Å²) in [7, 11) is 1.85. The van der Waals surface area contributed by atoms with Crippen LogP contribution in [0.25, 0.3) is 0 Å². The van der Waals surface area contributed by atoms with E-state index < -0.39 is 0 Å². The van der Waals surface area contributed by atoms with Crippen LogP contribution in [-0.2, 0) is 13.0 Å². The molecule has 1 saturated heterocycles. The zero-order valence-corrected chi connectivity index (χ0v) is 17.4. The van der Waals surface area contributed by atoms with Crippen molar-refractivity contribution in [1.82, 2.24) is 20.5 Å². The summed E-state index contributed by atoms with van der Waals surface area (Å²) in [5.74, 6) is 0.910. The van der Waals surface area contributed by atoms with Crippen molar-refractivity contribution in [1.29, 1.82) is 0 Å². The van der Waals surface area contributed by atoms with Gasteiger partial charge in [-0.2, -0.15) is 0 Å². The molecule has 1 aromatic carbocycles. The predicted octanol–water partition coefficient (Wildman–Crippen LogP) is 3.07. The Balaban J connectivity index is 1.39. The lowest BCUT2D eigenvalue weighted by Gasteiger charge is -2.32. The zero-order chi connectivity index (χ0) is 19.8. The SMILES string of the molecule is CN=C(NCCc1cc(C)cc(C)c1)NC1CCN(Cc2ccccn2)CC1. The number of aliphatic imine (C=N–C) groups is 1. The number of nitrogens with zero attached hydrogens (tertiary/aromatic N) is 3. The maximum atomic E-state index is 4.44. The Morgan fingerprint density at radius 2 is 1.89 bits per heavy atom. The molecule has 3 rings (SSSR count). The van der Waals surface area contributed by atoms with Gasteiger partial charge < -0.3 is 10.6 Å². The number of piperidine rings is 1. The first-order valence-corrected chi connectivity index (χ1v) is 10.3. The highest BCUT2D eigenvalue weighted by Gasteiger charge is 2.20. The van der Waals surface area contributed by atoms with E-state index in [0.29, 0.717) is 6.04 Å². The van der Waals surface area contributed by atoms with Gasteiger partial charge in [0, 0.05) is 45.5 Å². The molecule has 2 N–H and O–H groups in total. The second-order valence-electron chi connectivity index (χ2n) is 7.76. The molecule has 0 aliphatic carbocycles. The number of rotatable bonds is 6. The van der Waals surface area contributed by atoms with Gasteiger partial charge in [0.1, 0.15) is 0 Å². The number of hydrogen-bond donors (Lipinski definition) is 2. The molecule has 5 nitrogen and oxygen atoms in total. The van der Waals surface area contributed by atoms with Gasteiger partial charge in [-0.15, -0.1) is 0 Å². The van der Waals surface area contributed by atoms with E-state index >= 15 is 0 Å². The van der Waals surface area contributed by atoms with Crippen LogP contribution in [0.1, 0.15) is 35.2 Å². The summed E-state index contributed by atoms with van der Waals surface area (Å²) < 4.78 is 0. The van der Waals surface area contributed by atoms with Crippen molar-refractivity contribution in [3.8, 4) is 0 Å². The van der Waals surface area contributed by atoms with Gasteiger partial charge >= 0.3 is 0 Å². The fraction of sp³-hybridized carbons (Fsp3) is 0.478. The third kappa shape index (κ3) is 6.34. The van der Waals surface area contributed by atoms with Crippen molar-refractivity contribution < 1.29 is 0 Å². The Morgan fingerprint density at radius 1 is 1.14 bits per heavy atom. The van der Waals surface area contributed by atoms with Crippen LogP contribution in [0.2, 0.25) is 0 Å². The maximum Gasteiger partial charge on any atom is 0.191 e. The van der Waals surface area contributed by atoms with Crippen LogP contribution >= 0.6 is 0 Å². The first-order valence-electron chi connectivity index (χ1n) is 10.3. The second-order valence-corrected chi connectivity index (χ2v) is 7.76. The van der Waals surface area contributed by atoms with Crippen molar-refractivity contribution in [3.05, 3.63) is 65.0 Å². The summed E-state index contributed by atoms with van der Waals surface area (Å²) >= 11 is 0. The molecule has 5 heteroatoms. The topological polar surface area (TPSA) is 52.6 Å². The molecule has 0 saturated carbocycles. The average Bonchev–Trinajstić information content (AvgIpc) is 2.68. The van der Waals surface area contributed by atoms with Gasteiger partial charge in [-0.05, 0) is 50.8 Å². The largest absolute Gasteiger partial charge is 0.356 e. The lowest BCUT2D eigenvalue weighted by molar-refractivity contribution is 0.196. The zero-order valence-electron chi connectivity index (χ0n) is 17.4. The van der Waals surface area contributed by atoms with Crippen molar-refractivity contribution >= 4 is 5.96 Å². The van der Waals surface area contributed by atoms with E-state index in [4.69, 9.17) is 0 Å². The van der Waals surface area contributed by atoms with E-state index in [-0.39, 0.29) is 0 Å². The van der Waals surface area contributed by atoms with Gasteiger partial charge in [-0.3, -0.25) is 14.9 Å². The molecular formula is C23H33N5. The molecule has 0 bridgehead atoms. The van der Waals surface area contributed by atoms with Crippen LogP contribution in [0.5, 0.6) is 0 Å². The molecule has 0 spiro atoms. The van der Waals surface area contributed by atoms with E-state index in [1.165, 1.54) is 16.7 Å². The number of pyridine rings is 1. The highest BCUT2D eigenvalue weighted by molar-refractivity contribution is 5.79. The van der Waals surface area contributed by atoms with E-state index in [9.17, 15) is 0 Å². The number of nitrogens with one attached hydrogen (secondary N) is 2. The third-order valence-corrected chi connectivity index (χ3v) is 5.25. The van der Waals surface area contributed by atoms with Gasteiger partial charge in [-0.1, -0.05) is 35.4 Å². The van der Waals surface area contributed by atoms with E-state index in [2.05, 4.69) is 69.7 Å². The standard InChI is InChI=1S/C23H33N5/c1-18-14-19(2)16-20(15-18)7-11-26-23(24-3)27-21-8-12-28(13-9-21)17-22-6-4-5-10-25-22/h4-6,10,14-16,21H,7-9,11-13,17H2,1-3H3,(H2,24,26,27). The second kappa shape index (κ2) is 10.2. The highest BCUT2D eigenvalue weighted by atomic mass is 15.2. The summed E-state index contributed by atoms with van der Waals surface area (Å²) in [6, 6.07) is 13.4. The van der Waals surface area contributed by atoms with Crippen molar-refractivity contribution in [2.75, 3.05) is 26.7 Å². The quantitative estimate of drug-likeness (QED) is 0.598. The molecule has 1 aliphatic rings. The summed E-state index contributed by atoms with van der Waals surface area (Å²) in [4.78, 5) is 11.3. The molecule has 0 atom stereocenters. The predicted molar refractivity (Wildman–Crippen MR) is 117 cm³/mol. The van der Waals surface area contributed by atoms with Gasteiger partial charge in [0.05, 0.1) is 5.69 Å². The highest BCUT2D eigenvalue weighted by Crippen LogP contribution is 2.13. The smallest absolute Gasteiger partial charge is 0.191 e. The molecule has 0 amide bonds. The van der Waals surface area contributed by atoms with Gasteiger partial charge in [-0.25, -0.2) is 0 Å². The molecule has 1 fully saturated rings. The van der Waals surface area contributed by atoms with Crippen molar-refractivity contribution in [3.63, 3.8) is 0 Å². The molecule has 2 heterocycles. The molecule has 28 heavy (non-hydrogen) atoms. The molecule has 1 aromatic heterocycles.